The van der Waals surface area contributed by atoms with Gasteiger partial charge in [0.1, 0.15) is 4.90 Å². The summed E-state index contributed by atoms with van der Waals surface area (Å²) in [7, 11) is -4.12. The molecule has 4 aromatic rings. The smallest absolute Gasteiger partial charge is 0.240 e. The van der Waals surface area contributed by atoms with Gasteiger partial charge in [0.25, 0.3) is 0 Å². The van der Waals surface area contributed by atoms with E-state index >= 15 is 0 Å². The van der Waals surface area contributed by atoms with Gasteiger partial charge in [-0.15, -0.1) is 0 Å². The lowest BCUT2D eigenvalue weighted by atomic mass is 10.1. The predicted molar refractivity (Wildman–Crippen MR) is 131 cm³/mol. The van der Waals surface area contributed by atoms with Crippen molar-refractivity contribution in [2.75, 3.05) is 5.32 Å². The number of anilines is 1. The van der Waals surface area contributed by atoms with Crippen molar-refractivity contribution in [3.63, 3.8) is 0 Å². The van der Waals surface area contributed by atoms with Crippen LogP contribution in [0, 0.1) is 13.8 Å². The summed E-state index contributed by atoms with van der Waals surface area (Å²) in [6, 6.07) is 15.3. The van der Waals surface area contributed by atoms with Gasteiger partial charge in [-0.1, -0.05) is 35.9 Å². The number of primary sulfonamides is 1. The highest BCUT2D eigenvalue weighted by Gasteiger charge is 2.19. The second kappa shape index (κ2) is 9.38. The van der Waals surface area contributed by atoms with Crippen molar-refractivity contribution in [1.82, 2.24) is 14.8 Å². The molecule has 0 aliphatic rings. The third-order valence-electron chi connectivity index (χ3n) is 5.23. The van der Waals surface area contributed by atoms with Crippen molar-refractivity contribution in [3.05, 3.63) is 89.0 Å². The Bertz CT molecular complexity index is 1480. The molecular weight excluding hydrogens is 474 g/mol. The summed E-state index contributed by atoms with van der Waals surface area (Å²) in [5.74, 6) is -0.342. The van der Waals surface area contributed by atoms with E-state index in [1.807, 2.05) is 26.0 Å². The third-order valence-corrected chi connectivity index (χ3v) is 6.54. The monoisotopic (exact) mass is 495 g/mol. The summed E-state index contributed by atoms with van der Waals surface area (Å²) < 4.78 is 26.3. The van der Waals surface area contributed by atoms with Crippen molar-refractivity contribution >= 4 is 33.2 Å². The molecule has 174 valence electrons. The Balaban J connectivity index is 1.66. The van der Waals surface area contributed by atoms with Crippen LogP contribution in [0.3, 0.4) is 0 Å². The Kier molecular flexibility index (Phi) is 6.52. The first-order valence-electron chi connectivity index (χ1n) is 10.3. The summed E-state index contributed by atoms with van der Waals surface area (Å²) in [5, 5.41) is 13.2. The Morgan fingerprint density at radius 2 is 1.88 bits per heavy atom. The van der Waals surface area contributed by atoms with Crippen LogP contribution in [0.2, 0.25) is 5.02 Å². The van der Waals surface area contributed by atoms with Crippen molar-refractivity contribution in [1.29, 1.82) is 0 Å². The van der Waals surface area contributed by atoms with Crippen LogP contribution in [0.15, 0.2) is 71.9 Å². The van der Waals surface area contributed by atoms with Gasteiger partial charge in [-0.25, -0.2) is 18.2 Å². The topological polar surface area (TPSA) is 120 Å². The molecule has 1 amide bonds. The maximum Gasteiger partial charge on any atom is 0.240 e. The molecule has 0 saturated heterocycles. The average Bonchev–Trinajstić information content (AvgIpc) is 3.16. The molecule has 0 saturated carbocycles. The molecule has 4 rings (SSSR count). The maximum atomic E-state index is 12.5. The van der Waals surface area contributed by atoms with E-state index in [-0.39, 0.29) is 28.6 Å². The molecule has 0 bridgehead atoms. The maximum absolute atomic E-state index is 12.5. The summed E-state index contributed by atoms with van der Waals surface area (Å²) in [5.41, 5.74) is 4.47. The van der Waals surface area contributed by atoms with Gasteiger partial charge in [-0.2, -0.15) is 5.10 Å². The Hall–Kier alpha value is -3.53. The molecule has 0 spiro atoms. The molecule has 8 nitrogen and oxygen atoms in total. The second-order valence-corrected chi connectivity index (χ2v) is 9.74. The number of aryl methyl sites for hydroxylation is 2. The molecule has 2 aromatic carbocycles. The molecule has 34 heavy (non-hydrogen) atoms. The van der Waals surface area contributed by atoms with Gasteiger partial charge < -0.3 is 5.32 Å². The molecule has 0 fully saturated rings. The fraction of sp³-hybridized carbons (Fsp3) is 0.125. The number of halogens is 1. The van der Waals surface area contributed by atoms with Crippen LogP contribution in [0.5, 0.6) is 0 Å². The minimum absolute atomic E-state index is 0.0401. The zero-order chi connectivity index (χ0) is 24.5. The lowest BCUT2D eigenvalue weighted by Crippen LogP contribution is -2.18. The van der Waals surface area contributed by atoms with Crippen LogP contribution in [0.4, 0.5) is 5.69 Å². The van der Waals surface area contributed by atoms with Crippen molar-refractivity contribution in [2.24, 2.45) is 5.14 Å². The molecule has 0 aliphatic carbocycles. The van der Waals surface area contributed by atoms with Crippen LogP contribution in [0.25, 0.3) is 16.8 Å². The fourth-order valence-electron chi connectivity index (χ4n) is 3.52. The van der Waals surface area contributed by atoms with Gasteiger partial charge in [0, 0.05) is 39.9 Å². The van der Waals surface area contributed by atoms with E-state index in [9.17, 15) is 13.2 Å². The molecule has 3 N–H and O–H groups in total. The van der Waals surface area contributed by atoms with Gasteiger partial charge in [-0.05, 0) is 49.7 Å². The number of pyridine rings is 1. The SMILES string of the molecule is Cc1ccc(-c2cn(-c3ccc(NC(=O)Cc4ccccc4Cl)cc3S(N)(=O)=O)nc2C)cn1. The molecule has 2 heterocycles. The van der Waals surface area contributed by atoms with E-state index in [0.29, 0.717) is 16.3 Å². The average molecular weight is 496 g/mol. The molecular formula is C24H22ClN5O3S. The van der Waals surface area contributed by atoms with E-state index in [0.717, 1.165) is 16.8 Å². The number of carbonyl (C=O) groups is 1. The first-order valence-corrected chi connectivity index (χ1v) is 12.2. The number of hydrogen-bond acceptors (Lipinski definition) is 5. The number of benzene rings is 2. The largest absolute Gasteiger partial charge is 0.326 e. The van der Waals surface area contributed by atoms with Gasteiger partial charge in [-0.3, -0.25) is 9.78 Å². The zero-order valence-electron chi connectivity index (χ0n) is 18.5. The van der Waals surface area contributed by atoms with Crippen LogP contribution in [0.1, 0.15) is 17.0 Å². The number of carbonyl (C=O) groups excluding carboxylic acids is 1. The number of hydrogen-bond donors (Lipinski definition) is 2. The first-order chi connectivity index (χ1) is 16.1. The summed E-state index contributed by atoms with van der Waals surface area (Å²) in [4.78, 5) is 16.6. The summed E-state index contributed by atoms with van der Waals surface area (Å²) >= 11 is 6.12. The highest BCUT2D eigenvalue weighted by atomic mass is 35.5. The number of sulfonamides is 1. The molecule has 2 aromatic heterocycles. The number of amides is 1. The van der Waals surface area contributed by atoms with E-state index in [1.165, 1.54) is 10.7 Å². The zero-order valence-corrected chi connectivity index (χ0v) is 20.1. The molecule has 10 heteroatoms. The molecule has 0 radical (unpaired) electrons. The first kappa shape index (κ1) is 23.6. The molecule has 0 aliphatic heterocycles. The Labute approximate surface area is 202 Å². The molecule has 0 unspecified atom stereocenters. The number of nitrogens with one attached hydrogen (secondary N) is 1. The third kappa shape index (κ3) is 5.17. The van der Waals surface area contributed by atoms with Crippen LogP contribution >= 0.6 is 11.6 Å². The van der Waals surface area contributed by atoms with E-state index < -0.39 is 10.0 Å². The predicted octanol–water partition coefficient (Wildman–Crippen LogP) is 4.03. The number of rotatable bonds is 6. The number of aromatic nitrogens is 3. The van der Waals surface area contributed by atoms with Crippen molar-refractivity contribution < 1.29 is 13.2 Å². The summed E-state index contributed by atoms with van der Waals surface area (Å²) in [6.07, 6.45) is 3.50. The normalized spacial score (nSPS) is 11.4. The number of nitrogens with two attached hydrogens (primary N) is 1. The molecule has 0 atom stereocenters. The summed E-state index contributed by atoms with van der Waals surface area (Å²) in [6.45, 7) is 3.72. The van der Waals surface area contributed by atoms with Gasteiger partial charge >= 0.3 is 0 Å². The van der Waals surface area contributed by atoms with Crippen molar-refractivity contribution in [2.45, 2.75) is 25.2 Å². The Morgan fingerprint density at radius 1 is 1.12 bits per heavy atom. The van der Waals surface area contributed by atoms with E-state index in [4.69, 9.17) is 16.7 Å². The quantitative estimate of drug-likeness (QED) is 0.418. The Morgan fingerprint density at radius 3 is 2.56 bits per heavy atom. The fourth-order valence-corrected chi connectivity index (χ4v) is 4.47. The number of nitrogens with zero attached hydrogens (tertiary/aromatic N) is 3. The van der Waals surface area contributed by atoms with Crippen LogP contribution < -0.4 is 10.5 Å². The minimum Gasteiger partial charge on any atom is -0.326 e. The van der Waals surface area contributed by atoms with Crippen LogP contribution in [-0.4, -0.2) is 29.1 Å². The van der Waals surface area contributed by atoms with Crippen LogP contribution in [-0.2, 0) is 21.2 Å². The van der Waals surface area contributed by atoms with Gasteiger partial charge in [0.2, 0.25) is 15.9 Å². The van der Waals surface area contributed by atoms with Gasteiger partial charge in [0.15, 0.2) is 0 Å². The second-order valence-electron chi connectivity index (χ2n) is 7.80. The van der Waals surface area contributed by atoms with E-state index in [1.54, 1.807) is 48.8 Å². The van der Waals surface area contributed by atoms with Gasteiger partial charge in [0.05, 0.1) is 17.8 Å². The minimum atomic E-state index is -4.12. The highest BCUT2D eigenvalue weighted by Crippen LogP contribution is 2.28. The highest BCUT2D eigenvalue weighted by molar-refractivity contribution is 7.89. The van der Waals surface area contributed by atoms with Crippen molar-refractivity contribution in [3.8, 4) is 16.8 Å². The standard InChI is InChI=1S/C24H22ClN5O3S/c1-15-7-8-18(13-27-15)20-14-30(29-16(20)2)22-10-9-19(12-23(22)34(26,32)33)28-24(31)11-17-5-3-4-6-21(17)25/h3-10,12-14H,11H2,1-2H3,(H,28,31)(H2,26,32,33). The lowest BCUT2D eigenvalue weighted by Gasteiger charge is -2.12. The van der Waals surface area contributed by atoms with E-state index in [2.05, 4.69) is 15.4 Å². The lowest BCUT2D eigenvalue weighted by molar-refractivity contribution is -0.115.